The van der Waals surface area contributed by atoms with Crippen molar-refractivity contribution in [1.82, 2.24) is 0 Å². The summed E-state index contributed by atoms with van der Waals surface area (Å²) in [5.41, 5.74) is 1.78. The van der Waals surface area contributed by atoms with Crippen LogP contribution in [0.15, 0.2) is 29.8 Å². The van der Waals surface area contributed by atoms with Gasteiger partial charge in [-0.05, 0) is 43.0 Å². The molecule has 146 valence electrons. The van der Waals surface area contributed by atoms with Crippen LogP contribution in [0.3, 0.4) is 0 Å². The van der Waals surface area contributed by atoms with Crippen molar-refractivity contribution in [3.05, 3.63) is 35.4 Å². The summed E-state index contributed by atoms with van der Waals surface area (Å²) in [6, 6.07) is 7.77. The second-order valence-corrected chi connectivity index (χ2v) is 6.80. The van der Waals surface area contributed by atoms with Gasteiger partial charge in [-0.25, -0.2) is 4.79 Å². The third-order valence-corrected chi connectivity index (χ3v) is 4.50. The van der Waals surface area contributed by atoms with Crippen molar-refractivity contribution in [1.29, 1.82) is 0 Å². The summed E-state index contributed by atoms with van der Waals surface area (Å²) in [6.07, 6.45) is 13.2. The van der Waals surface area contributed by atoms with Gasteiger partial charge < -0.3 is 9.47 Å². The van der Waals surface area contributed by atoms with Crippen LogP contribution in [0, 0.1) is 0 Å². The lowest BCUT2D eigenvalue weighted by molar-refractivity contribution is -0.139. The van der Waals surface area contributed by atoms with Crippen LogP contribution in [-0.4, -0.2) is 19.7 Å². The Morgan fingerprint density at radius 2 is 1.50 bits per heavy atom. The minimum absolute atomic E-state index is 0.162. The minimum atomic E-state index is -0.162. The molecular formula is C23H36O3. The lowest BCUT2D eigenvalue weighted by Crippen LogP contribution is -2.09. The highest BCUT2D eigenvalue weighted by molar-refractivity contribution is 5.93. The van der Waals surface area contributed by atoms with Gasteiger partial charge in [0.15, 0.2) is 0 Å². The maximum Gasteiger partial charge on any atom is 0.334 e. The Balaban J connectivity index is 2.54. The number of benzene rings is 1. The average molecular weight is 361 g/mol. The molecule has 0 bridgehead atoms. The van der Waals surface area contributed by atoms with Crippen LogP contribution in [0.25, 0.3) is 6.08 Å². The fourth-order valence-electron chi connectivity index (χ4n) is 2.84. The number of rotatable bonds is 14. The normalized spacial score (nSPS) is 11.4. The van der Waals surface area contributed by atoms with Gasteiger partial charge in [0.05, 0.1) is 13.7 Å². The topological polar surface area (TPSA) is 35.5 Å². The first kappa shape index (κ1) is 22.3. The molecule has 0 N–H and O–H groups in total. The van der Waals surface area contributed by atoms with E-state index in [1.807, 2.05) is 30.3 Å². The molecule has 0 atom stereocenters. The zero-order valence-corrected chi connectivity index (χ0v) is 16.9. The van der Waals surface area contributed by atoms with E-state index in [4.69, 9.17) is 9.47 Å². The highest BCUT2D eigenvalue weighted by Crippen LogP contribution is 2.18. The van der Waals surface area contributed by atoms with Crippen LogP contribution in [0.1, 0.15) is 83.6 Å². The summed E-state index contributed by atoms with van der Waals surface area (Å²) in [5.74, 6) is 0.658. The van der Waals surface area contributed by atoms with Crippen LogP contribution < -0.4 is 4.74 Å². The van der Waals surface area contributed by atoms with Gasteiger partial charge in [-0.1, -0.05) is 70.9 Å². The Kier molecular flexibility index (Phi) is 12.3. The molecule has 0 aliphatic heterocycles. The monoisotopic (exact) mass is 360 g/mol. The Bertz CT molecular complexity index is 517. The van der Waals surface area contributed by atoms with Crippen molar-refractivity contribution in [2.75, 3.05) is 13.7 Å². The SMILES string of the molecule is CCCCCCCCOC(=O)C(=Cc1ccc(OC)cc1)CCCCC. The first-order chi connectivity index (χ1) is 12.7. The zero-order valence-electron chi connectivity index (χ0n) is 16.9. The number of unbranched alkanes of at least 4 members (excludes halogenated alkanes) is 7. The standard InChI is InChI=1S/C23H36O3/c1-4-6-8-9-10-12-18-26-23(24)21(13-11-7-5-2)19-20-14-16-22(25-3)17-15-20/h14-17,19H,4-13,18H2,1-3H3. The number of esters is 1. The van der Waals surface area contributed by atoms with Gasteiger partial charge in [-0.3, -0.25) is 0 Å². The van der Waals surface area contributed by atoms with Crippen molar-refractivity contribution >= 4 is 12.0 Å². The van der Waals surface area contributed by atoms with E-state index in [2.05, 4.69) is 13.8 Å². The molecule has 1 rings (SSSR count). The van der Waals surface area contributed by atoms with Crippen molar-refractivity contribution in [3.63, 3.8) is 0 Å². The van der Waals surface area contributed by atoms with Crippen molar-refractivity contribution < 1.29 is 14.3 Å². The van der Waals surface area contributed by atoms with Gasteiger partial charge in [0.2, 0.25) is 0 Å². The van der Waals surface area contributed by atoms with Crippen LogP contribution in [0.2, 0.25) is 0 Å². The largest absolute Gasteiger partial charge is 0.497 e. The Morgan fingerprint density at radius 1 is 0.885 bits per heavy atom. The molecule has 3 heteroatoms. The lowest BCUT2D eigenvalue weighted by Gasteiger charge is -2.09. The highest BCUT2D eigenvalue weighted by Gasteiger charge is 2.11. The Labute approximate surface area is 159 Å². The molecule has 0 saturated heterocycles. The molecule has 0 heterocycles. The van der Waals surface area contributed by atoms with E-state index >= 15 is 0 Å². The molecule has 0 unspecified atom stereocenters. The van der Waals surface area contributed by atoms with E-state index in [1.54, 1.807) is 7.11 Å². The molecule has 0 radical (unpaired) electrons. The molecule has 0 fully saturated rings. The van der Waals surface area contributed by atoms with Crippen molar-refractivity contribution in [3.8, 4) is 5.75 Å². The van der Waals surface area contributed by atoms with Gasteiger partial charge in [-0.15, -0.1) is 0 Å². The van der Waals surface area contributed by atoms with Gasteiger partial charge in [0.25, 0.3) is 0 Å². The number of methoxy groups -OCH3 is 1. The first-order valence-corrected chi connectivity index (χ1v) is 10.2. The van der Waals surface area contributed by atoms with E-state index in [1.165, 1.54) is 25.7 Å². The summed E-state index contributed by atoms with van der Waals surface area (Å²) in [7, 11) is 1.65. The number of hydrogen-bond donors (Lipinski definition) is 0. The van der Waals surface area contributed by atoms with Crippen LogP contribution in [0.5, 0.6) is 5.75 Å². The third-order valence-electron chi connectivity index (χ3n) is 4.50. The van der Waals surface area contributed by atoms with Crippen LogP contribution in [-0.2, 0) is 9.53 Å². The van der Waals surface area contributed by atoms with Gasteiger partial charge in [0.1, 0.15) is 5.75 Å². The average Bonchev–Trinajstić information content (AvgIpc) is 2.67. The summed E-state index contributed by atoms with van der Waals surface area (Å²) >= 11 is 0. The van der Waals surface area contributed by atoms with E-state index in [9.17, 15) is 4.79 Å². The molecule has 1 aromatic rings. The molecule has 0 aliphatic carbocycles. The van der Waals surface area contributed by atoms with Crippen molar-refractivity contribution in [2.45, 2.75) is 78.1 Å². The molecule has 0 aliphatic rings. The molecule has 0 saturated carbocycles. The first-order valence-electron chi connectivity index (χ1n) is 10.2. The minimum Gasteiger partial charge on any atom is -0.497 e. The smallest absolute Gasteiger partial charge is 0.334 e. The van der Waals surface area contributed by atoms with E-state index in [-0.39, 0.29) is 5.97 Å². The predicted molar refractivity (Wildman–Crippen MR) is 109 cm³/mol. The number of ether oxygens (including phenoxy) is 2. The predicted octanol–water partition coefficient (Wildman–Crippen LogP) is 6.56. The molecule has 0 amide bonds. The zero-order chi connectivity index (χ0) is 19.0. The molecular weight excluding hydrogens is 324 g/mol. The quantitative estimate of drug-likeness (QED) is 0.214. The van der Waals surface area contributed by atoms with Crippen LogP contribution in [0.4, 0.5) is 0 Å². The molecule has 1 aromatic carbocycles. The number of carbonyl (C=O) groups is 1. The Morgan fingerprint density at radius 3 is 2.15 bits per heavy atom. The number of carbonyl (C=O) groups excluding carboxylic acids is 1. The highest BCUT2D eigenvalue weighted by atomic mass is 16.5. The van der Waals surface area contributed by atoms with Gasteiger partial charge >= 0.3 is 5.97 Å². The molecule has 0 spiro atoms. The van der Waals surface area contributed by atoms with E-state index < -0.39 is 0 Å². The molecule has 0 aromatic heterocycles. The van der Waals surface area contributed by atoms with E-state index in [0.717, 1.165) is 55.4 Å². The second kappa shape index (κ2) is 14.4. The fourth-order valence-corrected chi connectivity index (χ4v) is 2.84. The maximum absolute atomic E-state index is 12.5. The second-order valence-electron chi connectivity index (χ2n) is 6.80. The Hall–Kier alpha value is -1.77. The number of hydrogen-bond acceptors (Lipinski definition) is 3. The van der Waals surface area contributed by atoms with Crippen LogP contribution >= 0.6 is 0 Å². The third kappa shape index (κ3) is 9.65. The lowest BCUT2D eigenvalue weighted by atomic mass is 10.0. The van der Waals surface area contributed by atoms with Crippen molar-refractivity contribution in [2.24, 2.45) is 0 Å². The van der Waals surface area contributed by atoms with Gasteiger partial charge in [0, 0.05) is 5.57 Å². The molecule has 3 nitrogen and oxygen atoms in total. The molecule has 26 heavy (non-hydrogen) atoms. The van der Waals surface area contributed by atoms with E-state index in [0.29, 0.717) is 6.61 Å². The summed E-state index contributed by atoms with van der Waals surface area (Å²) in [6.45, 7) is 4.92. The summed E-state index contributed by atoms with van der Waals surface area (Å²) < 4.78 is 10.7. The summed E-state index contributed by atoms with van der Waals surface area (Å²) in [4.78, 5) is 12.5. The summed E-state index contributed by atoms with van der Waals surface area (Å²) in [5, 5.41) is 0. The van der Waals surface area contributed by atoms with Gasteiger partial charge in [-0.2, -0.15) is 0 Å². The fraction of sp³-hybridized carbons (Fsp3) is 0.609. The maximum atomic E-state index is 12.5.